The van der Waals surface area contributed by atoms with Crippen molar-refractivity contribution in [2.45, 2.75) is 13.5 Å². The highest BCUT2D eigenvalue weighted by Gasteiger charge is 2.17. The van der Waals surface area contributed by atoms with E-state index >= 15 is 0 Å². The molecule has 0 amide bonds. The van der Waals surface area contributed by atoms with E-state index in [-0.39, 0.29) is 29.7 Å². The number of hydrogen-bond acceptors (Lipinski definition) is 3. The van der Waals surface area contributed by atoms with Crippen LogP contribution in [0.25, 0.3) is 10.9 Å². The zero-order valence-electron chi connectivity index (χ0n) is 13.8. The normalized spacial score (nSPS) is 10.9. The molecule has 0 aliphatic heterocycles. The van der Waals surface area contributed by atoms with Gasteiger partial charge in [-0.2, -0.15) is 0 Å². The van der Waals surface area contributed by atoms with Crippen molar-refractivity contribution in [2.75, 3.05) is 6.61 Å². The van der Waals surface area contributed by atoms with E-state index < -0.39 is 23.0 Å². The van der Waals surface area contributed by atoms with Gasteiger partial charge in [0.2, 0.25) is 5.43 Å². The average molecular weight is 422 g/mol. The molecule has 2 aromatic carbocycles. The van der Waals surface area contributed by atoms with Crippen molar-refractivity contribution in [3.8, 4) is 0 Å². The third-order valence-electron chi connectivity index (χ3n) is 3.89. The first-order chi connectivity index (χ1) is 12.4. The fourth-order valence-electron chi connectivity index (χ4n) is 2.70. The smallest absolute Gasteiger partial charge is 0.343 e. The summed E-state index contributed by atoms with van der Waals surface area (Å²) in [6, 6.07) is 8.14. The lowest BCUT2D eigenvalue weighted by molar-refractivity contribution is 0.0524. The zero-order valence-corrected chi connectivity index (χ0v) is 15.3. The van der Waals surface area contributed by atoms with Gasteiger partial charge in [-0.25, -0.2) is 13.6 Å². The Morgan fingerprint density at radius 2 is 1.96 bits per heavy atom. The van der Waals surface area contributed by atoms with Crippen LogP contribution in [0.4, 0.5) is 8.78 Å². The predicted molar refractivity (Wildman–Crippen MR) is 97.3 cm³/mol. The van der Waals surface area contributed by atoms with Gasteiger partial charge in [0.05, 0.1) is 18.7 Å². The van der Waals surface area contributed by atoms with Crippen LogP contribution < -0.4 is 5.43 Å². The molecule has 134 valence electrons. The summed E-state index contributed by atoms with van der Waals surface area (Å²) in [5.74, 6) is -1.90. The van der Waals surface area contributed by atoms with Crippen molar-refractivity contribution >= 4 is 32.8 Å². The van der Waals surface area contributed by atoms with E-state index in [9.17, 15) is 18.4 Å². The van der Waals surface area contributed by atoms with Gasteiger partial charge in [0, 0.05) is 21.6 Å². The summed E-state index contributed by atoms with van der Waals surface area (Å²) in [4.78, 5) is 24.8. The molecule has 26 heavy (non-hydrogen) atoms. The summed E-state index contributed by atoms with van der Waals surface area (Å²) in [5.41, 5.74) is -0.0347. The monoisotopic (exact) mass is 421 g/mol. The molecule has 0 spiro atoms. The average Bonchev–Trinajstić information content (AvgIpc) is 2.60. The van der Waals surface area contributed by atoms with Crippen molar-refractivity contribution in [1.82, 2.24) is 4.57 Å². The number of benzene rings is 2. The van der Waals surface area contributed by atoms with Gasteiger partial charge in [0.15, 0.2) is 0 Å². The summed E-state index contributed by atoms with van der Waals surface area (Å²) < 4.78 is 34.7. The van der Waals surface area contributed by atoms with Crippen molar-refractivity contribution in [3.63, 3.8) is 0 Å². The second-order valence-electron chi connectivity index (χ2n) is 5.62. The molecule has 0 aliphatic carbocycles. The second kappa shape index (κ2) is 7.37. The Kier molecular flexibility index (Phi) is 5.18. The molecule has 4 nitrogen and oxygen atoms in total. The summed E-state index contributed by atoms with van der Waals surface area (Å²) in [5, 5.41) is 0.279. The topological polar surface area (TPSA) is 48.3 Å². The molecule has 1 aromatic heterocycles. The fraction of sp³-hybridized carbons (Fsp3) is 0.158. The molecule has 1 heterocycles. The van der Waals surface area contributed by atoms with Crippen LogP contribution >= 0.6 is 15.9 Å². The van der Waals surface area contributed by atoms with E-state index in [4.69, 9.17) is 4.74 Å². The number of fused-ring (bicyclic) bond motifs is 1. The van der Waals surface area contributed by atoms with E-state index in [2.05, 4.69) is 15.9 Å². The molecular weight excluding hydrogens is 408 g/mol. The van der Waals surface area contributed by atoms with Gasteiger partial charge < -0.3 is 9.30 Å². The van der Waals surface area contributed by atoms with Gasteiger partial charge in [-0.3, -0.25) is 4.79 Å². The molecule has 0 unspecified atom stereocenters. The van der Waals surface area contributed by atoms with Gasteiger partial charge in [-0.1, -0.05) is 15.9 Å². The van der Waals surface area contributed by atoms with Gasteiger partial charge in [-0.15, -0.1) is 0 Å². The molecule has 3 aromatic rings. The van der Waals surface area contributed by atoms with Crippen LogP contribution in [-0.2, 0) is 11.3 Å². The lowest BCUT2D eigenvalue weighted by Gasteiger charge is -2.14. The number of rotatable bonds is 4. The first-order valence-electron chi connectivity index (χ1n) is 7.84. The highest BCUT2D eigenvalue weighted by Crippen LogP contribution is 2.20. The van der Waals surface area contributed by atoms with E-state index in [1.54, 1.807) is 25.1 Å². The Hall–Kier alpha value is -2.54. The minimum atomic E-state index is -0.757. The van der Waals surface area contributed by atoms with E-state index in [1.165, 1.54) is 10.8 Å². The van der Waals surface area contributed by atoms with Crippen LogP contribution in [0.2, 0.25) is 0 Å². The SMILES string of the molecule is CCOC(=O)c1cn(Cc2cc(F)ccc2F)c2ccc(Br)cc2c1=O. The molecule has 0 bridgehead atoms. The first-order valence-corrected chi connectivity index (χ1v) is 8.63. The summed E-state index contributed by atoms with van der Waals surface area (Å²) in [7, 11) is 0. The maximum atomic E-state index is 14.0. The van der Waals surface area contributed by atoms with Gasteiger partial charge in [0.1, 0.15) is 17.2 Å². The fourth-order valence-corrected chi connectivity index (χ4v) is 3.06. The Bertz CT molecular complexity index is 1060. The number of pyridine rings is 1. The maximum absolute atomic E-state index is 14.0. The number of halogens is 3. The highest BCUT2D eigenvalue weighted by atomic mass is 79.9. The Morgan fingerprint density at radius 1 is 1.19 bits per heavy atom. The third kappa shape index (κ3) is 3.53. The molecule has 0 atom stereocenters. The van der Waals surface area contributed by atoms with Gasteiger partial charge >= 0.3 is 5.97 Å². The van der Waals surface area contributed by atoms with Gasteiger partial charge in [-0.05, 0) is 43.3 Å². The quantitative estimate of drug-likeness (QED) is 0.591. The third-order valence-corrected chi connectivity index (χ3v) is 4.38. The number of aromatic nitrogens is 1. The number of nitrogens with zero attached hydrogens (tertiary/aromatic N) is 1. The number of esters is 1. The number of hydrogen-bond donors (Lipinski definition) is 0. The lowest BCUT2D eigenvalue weighted by atomic mass is 10.1. The zero-order chi connectivity index (χ0) is 18.8. The van der Waals surface area contributed by atoms with Crippen molar-refractivity contribution < 1.29 is 18.3 Å². The van der Waals surface area contributed by atoms with E-state index in [0.29, 0.717) is 9.99 Å². The van der Waals surface area contributed by atoms with E-state index in [1.807, 2.05) is 0 Å². The summed E-state index contributed by atoms with van der Waals surface area (Å²) in [6.45, 7) is 1.71. The largest absolute Gasteiger partial charge is 0.462 e. The highest BCUT2D eigenvalue weighted by molar-refractivity contribution is 9.10. The van der Waals surface area contributed by atoms with Crippen LogP contribution in [0.3, 0.4) is 0 Å². The maximum Gasteiger partial charge on any atom is 0.343 e. The molecule has 0 aliphatic rings. The minimum absolute atomic E-state index is 0.0472. The van der Waals surface area contributed by atoms with Crippen LogP contribution in [0.15, 0.2) is 51.9 Å². The number of carbonyl (C=O) groups is 1. The number of ether oxygens (including phenoxy) is 1. The van der Waals surface area contributed by atoms with E-state index in [0.717, 1.165) is 18.2 Å². The van der Waals surface area contributed by atoms with Gasteiger partial charge in [0.25, 0.3) is 0 Å². The standard InChI is InChI=1S/C19H14BrF2NO3/c1-2-26-19(25)15-10-23(9-11-7-13(21)4-5-16(11)22)17-6-3-12(20)8-14(17)18(15)24/h3-8,10H,2,9H2,1H3. The summed E-state index contributed by atoms with van der Waals surface area (Å²) >= 11 is 3.30. The molecule has 3 rings (SSSR count). The van der Waals surface area contributed by atoms with Crippen molar-refractivity contribution in [1.29, 1.82) is 0 Å². The predicted octanol–water partition coefficient (Wildman–Crippen LogP) is 4.27. The van der Waals surface area contributed by atoms with Crippen molar-refractivity contribution in [2.24, 2.45) is 0 Å². The molecule has 0 saturated heterocycles. The Balaban J connectivity index is 2.23. The number of carbonyl (C=O) groups excluding carboxylic acids is 1. The molecule has 0 radical (unpaired) electrons. The van der Waals surface area contributed by atoms with Crippen molar-refractivity contribution in [3.05, 3.63) is 80.1 Å². The molecule has 0 fully saturated rings. The Labute approximate surface area is 156 Å². The molecule has 0 N–H and O–H groups in total. The van der Waals surface area contributed by atoms with Crippen LogP contribution in [0.1, 0.15) is 22.8 Å². The molecule has 0 saturated carbocycles. The van der Waals surface area contributed by atoms with Crippen LogP contribution in [0.5, 0.6) is 0 Å². The minimum Gasteiger partial charge on any atom is -0.462 e. The molecular formula is C19H14BrF2NO3. The molecule has 7 heteroatoms. The summed E-state index contributed by atoms with van der Waals surface area (Å²) in [6.07, 6.45) is 1.32. The second-order valence-corrected chi connectivity index (χ2v) is 6.53. The lowest BCUT2D eigenvalue weighted by Crippen LogP contribution is -2.21. The van der Waals surface area contributed by atoms with Crippen LogP contribution in [0, 0.1) is 11.6 Å². The first kappa shape index (κ1) is 18.3. The Morgan fingerprint density at radius 3 is 2.69 bits per heavy atom. The van der Waals surface area contributed by atoms with Crippen LogP contribution in [-0.4, -0.2) is 17.1 Å².